The molecule has 0 atom stereocenters. The number of imidazole rings is 1. The smallest absolute Gasteiger partial charge is 0.424 e. The van der Waals surface area contributed by atoms with Crippen molar-refractivity contribution in [3.8, 4) is 0 Å². The number of benzene rings is 1. The third-order valence-electron chi connectivity index (χ3n) is 2.79. The van der Waals surface area contributed by atoms with Gasteiger partial charge in [-0.3, -0.25) is 0 Å². The molecule has 1 aromatic heterocycles. The predicted octanol–water partition coefficient (Wildman–Crippen LogP) is 1.56. The van der Waals surface area contributed by atoms with Crippen LogP contribution in [0, 0.1) is 0 Å². The van der Waals surface area contributed by atoms with Crippen LogP contribution in [-0.4, -0.2) is 26.7 Å². The molecule has 0 bridgehead atoms. The van der Waals surface area contributed by atoms with E-state index in [-0.39, 0.29) is 0 Å². The number of rotatable bonds is 5. The Morgan fingerprint density at radius 2 is 2.11 bits per heavy atom. The third kappa shape index (κ3) is 2.80. The molecule has 0 spiro atoms. The Balaban J connectivity index is 2.33. The third-order valence-corrected chi connectivity index (χ3v) is 2.79. The van der Waals surface area contributed by atoms with Crippen LogP contribution in [0.1, 0.15) is 19.2 Å². The van der Waals surface area contributed by atoms with Crippen molar-refractivity contribution in [2.75, 3.05) is 0 Å². The lowest BCUT2D eigenvalue weighted by atomic mass is 9.91. The van der Waals surface area contributed by atoms with Crippen molar-refractivity contribution in [2.24, 2.45) is 0 Å². The Labute approximate surface area is 107 Å². The Bertz CT molecular complexity index is 549. The Morgan fingerprint density at radius 3 is 2.83 bits per heavy atom. The highest BCUT2D eigenvalue weighted by molar-refractivity contribution is 6.47. The summed E-state index contributed by atoms with van der Waals surface area (Å²) in [4.78, 5) is 4.58. The summed E-state index contributed by atoms with van der Waals surface area (Å²) in [6, 6.07) is 8.04. The van der Waals surface area contributed by atoms with Gasteiger partial charge in [0.25, 0.3) is 0 Å². The molecule has 1 aromatic carbocycles. The van der Waals surface area contributed by atoms with E-state index in [9.17, 15) is 0 Å². The van der Waals surface area contributed by atoms with Crippen LogP contribution in [0.4, 0.5) is 0 Å². The van der Waals surface area contributed by atoms with Crippen molar-refractivity contribution in [2.45, 2.75) is 26.3 Å². The van der Waals surface area contributed by atoms with E-state index < -0.39 is 7.12 Å². The number of aryl methyl sites for hydroxylation is 1. The highest BCUT2D eigenvalue weighted by Gasteiger charge is 2.08. The molecule has 5 heteroatoms. The molecular weight excluding hydrogens is 227 g/mol. The molecule has 1 heterocycles. The van der Waals surface area contributed by atoms with Gasteiger partial charge in [-0.05, 0) is 18.6 Å². The van der Waals surface area contributed by atoms with Crippen LogP contribution in [0.25, 0.3) is 11.0 Å². The SMILES string of the molecule is CCCn1c(C/C=C/B(O)O)nc2ccccc21. The van der Waals surface area contributed by atoms with Crippen molar-refractivity contribution < 1.29 is 10.0 Å². The van der Waals surface area contributed by atoms with Gasteiger partial charge in [0.2, 0.25) is 0 Å². The summed E-state index contributed by atoms with van der Waals surface area (Å²) in [5.41, 5.74) is 2.12. The number of nitrogens with zero attached hydrogens (tertiary/aromatic N) is 2. The first-order chi connectivity index (χ1) is 8.72. The molecule has 0 radical (unpaired) electrons. The van der Waals surface area contributed by atoms with Gasteiger partial charge in [-0.2, -0.15) is 0 Å². The topological polar surface area (TPSA) is 58.3 Å². The number of para-hydroxylation sites is 2. The van der Waals surface area contributed by atoms with Crippen molar-refractivity contribution in [1.82, 2.24) is 9.55 Å². The van der Waals surface area contributed by atoms with Gasteiger partial charge in [0.1, 0.15) is 5.82 Å². The highest BCUT2D eigenvalue weighted by Crippen LogP contribution is 2.17. The van der Waals surface area contributed by atoms with E-state index in [1.54, 1.807) is 6.08 Å². The maximum atomic E-state index is 8.78. The molecule has 0 saturated heterocycles. The largest absolute Gasteiger partial charge is 0.480 e. The maximum Gasteiger partial charge on any atom is 0.480 e. The van der Waals surface area contributed by atoms with E-state index in [4.69, 9.17) is 10.0 Å². The summed E-state index contributed by atoms with van der Waals surface area (Å²) in [5.74, 6) is 2.31. The van der Waals surface area contributed by atoms with Gasteiger partial charge in [0, 0.05) is 13.0 Å². The molecule has 94 valence electrons. The molecule has 0 saturated carbocycles. The monoisotopic (exact) mass is 244 g/mol. The summed E-state index contributed by atoms with van der Waals surface area (Å²) >= 11 is 0. The molecule has 0 amide bonds. The van der Waals surface area contributed by atoms with E-state index >= 15 is 0 Å². The van der Waals surface area contributed by atoms with Gasteiger partial charge < -0.3 is 14.6 Å². The molecule has 0 aliphatic heterocycles. The van der Waals surface area contributed by atoms with Crippen molar-refractivity contribution >= 4 is 18.2 Å². The van der Waals surface area contributed by atoms with Crippen LogP contribution in [0.5, 0.6) is 0 Å². The zero-order chi connectivity index (χ0) is 13.0. The molecule has 0 aliphatic rings. The van der Waals surface area contributed by atoms with Gasteiger partial charge in [-0.25, -0.2) is 4.98 Å². The van der Waals surface area contributed by atoms with Gasteiger partial charge in [0.15, 0.2) is 0 Å². The number of fused-ring (bicyclic) bond motifs is 1. The summed E-state index contributed by atoms with van der Waals surface area (Å²) < 4.78 is 2.18. The quantitative estimate of drug-likeness (QED) is 0.784. The maximum absolute atomic E-state index is 8.78. The fraction of sp³-hybridized carbons (Fsp3) is 0.308. The standard InChI is InChI=1S/C13H17BN2O2/c1-2-10-16-12-7-4-3-6-11(12)15-13(16)8-5-9-14(17)18/h3-7,9,17-18H,2,8,10H2,1H3/b9-5+. The summed E-state index contributed by atoms with van der Waals surface area (Å²) in [5, 5.41) is 17.6. The number of hydrogen-bond acceptors (Lipinski definition) is 3. The van der Waals surface area contributed by atoms with E-state index in [1.165, 1.54) is 5.98 Å². The van der Waals surface area contributed by atoms with Crippen molar-refractivity contribution in [3.05, 3.63) is 42.1 Å². The first kappa shape index (κ1) is 12.9. The predicted molar refractivity (Wildman–Crippen MR) is 73.1 cm³/mol. The highest BCUT2D eigenvalue weighted by atomic mass is 16.4. The zero-order valence-corrected chi connectivity index (χ0v) is 10.5. The normalized spacial score (nSPS) is 11.5. The van der Waals surface area contributed by atoms with Crippen molar-refractivity contribution in [1.29, 1.82) is 0 Å². The lowest BCUT2D eigenvalue weighted by molar-refractivity contribution is 0.424. The van der Waals surface area contributed by atoms with Gasteiger partial charge in [-0.1, -0.05) is 31.1 Å². The zero-order valence-electron chi connectivity index (χ0n) is 10.5. The minimum absolute atomic E-state index is 0.603. The summed E-state index contributed by atoms with van der Waals surface area (Å²) in [6.07, 6.45) is 3.38. The van der Waals surface area contributed by atoms with E-state index in [2.05, 4.69) is 22.5 Å². The van der Waals surface area contributed by atoms with E-state index in [0.29, 0.717) is 6.42 Å². The fourth-order valence-corrected chi connectivity index (χ4v) is 2.05. The molecule has 0 fully saturated rings. The van der Waals surface area contributed by atoms with E-state index in [1.807, 2.05) is 18.2 Å². The second-order valence-corrected chi connectivity index (χ2v) is 4.21. The lowest BCUT2D eigenvalue weighted by Crippen LogP contribution is -2.07. The molecular formula is C13H17BN2O2. The van der Waals surface area contributed by atoms with Gasteiger partial charge >= 0.3 is 7.12 Å². The summed E-state index contributed by atoms with van der Waals surface area (Å²) in [7, 11) is -1.39. The molecule has 0 aliphatic carbocycles. The Morgan fingerprint density at radius 1 is 1.33 bits per heavy atom. The van der Waals surface area contributed by atoms with E-state index in [0.717, 1.165) is 29.8 Å². The molecule has 18 heavy (non-hydrogen) atoms. The number of hydrogen-bond donors (Lipinski definition) is 2. The van der Waals surface area contributed by atoms with Gasteiger partial charge in [0.05, 0.1) is 11.0 Å². The summed E-state index contributed by atoms with van der Waals surface area (Å²) in [6.45, 7) is 3.05. The van der Waals surface area contributed by atoms with Crippen LogP contribution in [0.2, 0.25) is 0 Å². The van der Waals surface area contributed by atoms with Crippen LogP contribution in [0.15, 0.2) is 36.3 Å². The molecule has 0 unspecified atom stereocenters. The minimum atomic E-state index is -1.39. The van der Waals surface area contributed by atoms with Crippen LogP contribution in [-0.2, 0) is 13.0 Å². The van der Waals surface area contributed by atoms with Crippen molar-refractivity contribution in [3.63, 3.8) is 0 Å². The number of allylic oxidation sites excluding steroid dienone is 1. The van der Waals surface area contributed by atoms with Crippen LogP contribution >= 0.6 is 0 Å². The Hall–Kier alpha value is -1.59. The Kier molecular flexibility index (Phi) is 4.17. The lowest BCUT2D eigenvalue weighted by Gasteiger charge is -2.05. The first-order valence-corrected chi connectivity index (χ1v) is 6.19. The fourth-order valence-electron chi connectivity index (χ4n) is 2.05. The number of aromatic nitrogens is 2. The molecule has 2 rings (SSSR count). The molecule has 2 N–H and O–H groups in total. The van der Waals surface area contributed by atoms with Crippen LogP contribution in [0.3, 0.4) is 0 Å². The average Bonchev–Trinajstić information content (AvgIpc) is 2.68. The second-order valence-electron chi connectivity index (χ2n) is 4.21. The average molecular weight is 244 g/mol. The molecule has 4 nitrogen and oxygen atoms in total. The second kappa shape index (κ2) is 5.84. The van der Waals surface area contributed by atoms with Crippen LogP contribution < -0.4 is 0 Å². The van der Waals surface area contributed by atoms with Gasteiger partial charge in [-0.15, -0.1) is 0 Å². The molecule has 2 aromatic rings. The minimum Gasteiger partial charge on any atom is -0.424 e. The first-order valence-electron chi connectivity index (χ1n) is 6.19.